The Balaban J connectivity index is 0. The standard InChI is InChI=1S/BH4O4P.Li.H/c1-5-6(2,3)4;;/h1H2,(H2,2,3,4);;. The van der Waals surface area contributed by atoms with Gasteiger partial charge in [0.25, 0.3) is 8.05 Å². The molecule has 0 spiro atoms. The number of hydrogen-bond acceptors (Lipinski definition) is 2. The molecular formula is H5BLiO4P. The topological polar surface area (TPSA) is 66.8 Å². The van der Waals surface area contributed by atoms with Gasteiger partial charge in [0.05, 0.1) is 0 Å². The van der Waals surface area contributed by atoms with Crippen molar-refractivity contribution in [2.24, 2.45) is 0 Å². The second kappa shape index (κ2) is 3.74. The molecule has 4 nitrogen and oxygen atoms in total. The molecule has 0 aromatic heterocycles. The van der Waals surface area contributed by atoms with Crippen LogP contribution in [0.4, 0.5) is 0 Å². The van der Waals surface area contributed by atoms with Crippen molar-refractivity contribution < 1.29 is 18.8 Å². The Bertz CT molecular complexity index is 75.8. The van der Waals surface area contributed by atoms with Crippen LogP contribution in [0.1, 0.15) is 0 Å². The molecule has 0 saturated carbocycles. The Kier molecular flexibility index (Phi) is 5.71. The zero-order valence-electron chi connectivity index (χ0n) is 3.16. The third-order valence-electron chi connectivity index (χ3n) is 0.238. The molecule has 7 heteroatoms. The summed E-state index contributed by atoms with van der Waals surface area (Å²) in [4.78, 5) is 15.4. The molecule has 0 amide bonds. The zero-order chi connectivity index (χ0) is 5.21. The monoisotopic (exact) mass is 118 g/mol. The van der Waals surface area contributed by atoms with Gasteiger partial charge in [-0.05, 0) is 0 Å². The first-order chi connectivity index (χ1) is 2.56. The summed E-state index contributed by atoms with van der Waals surface area (Å²) in [7, 11) is -3.20. The van der Waals surface area contributed by atoms with Crippen LogP contribution in [0.5, 0.6) is 0 Å². The fraction of sp³-hybridized carbons (Fsp3) is 0. The first-order valence-electron chi connectivity index (χ1n) is 1.17. The van der Waals surface area contributed by atoms with Crippen molar-refractivity contribution in [2.75, 3.05) is 0 Å². The maximum absolute atomic E-state index is 9.47. The molecule has 0 aliphatic carbocycles. The van der Waals surface area contributed by atoms with Crippen molar-refractivity contribution in [3.63, 3.8) is 0 Å². The Morgan fingerprint density at radius 3 is 1.71 bits per heavy atom. The van der Waals surface area contributed by atoms with Crippen LogP contribution in [0.2, 0.25) is 0 Å². The van der Waals surface area contributed by atoms with Crippen LogP contribution in [0, 0.1) is 0 Å². The average Bonchev–Trinajstić information content (AvgIpc) is 1.35. The van der Waals surface area contributed by atoms with Crippen LogP contribution < -0.4 is 0 Å². The molecule has 2 N–H and O–H groups in total. The molecular weight excluding hydrogens is 113 g/mol. The van der Waals surface area contributed by atoms with Gasteiger partial charge >= 0.3 is 26.7 Å². The van der Waals surface area contributed by atoms with Gasteiger partial charge in [-0.1, -0.05) is 0 Å². The van der Waals surface area contributed by atoms with Gasteiger partial charge in [0, 0.05) is 0 Å². The summed E-state index contributed by atoms with van der Waals surface area (Å²) < 4.78 is 13.1. The van der Waals surface area contributed by atoms with Crippen molar-refractivity contribution in [1.82, 2.24) is 0 Å². The summed E-state index contributed by atoms with van der Waals surface area (Å²) >= 11 is 0. The van der Waals surface area contributed by atoms with E-state index in [9.17, 15) is 4.57 Å². The Morgan fingerprint density at radius 2 is 1.71 bits per heavy atom. The molecule has 0 atom stereocenters. The van der Waals surface area contributed by atoms with Crippen LogP contribution in [0.15, 0.2) is 0 Å². The van der Waals surface area contributed by atoms with Crippen molar-refractivity contribution in [1.29, 1.82) is 0 Å². The average molecular weight is 118 g/mol. The maximum atomic E-state index is 9.47. The number of hydrogen-bond donors (Lipinski definition) is 2. The van der Waals surface area contributed by atoms with Crippen molar-refractivity contribution in [3.8, 4) is 0 Å². The first-order valence-corrected chi connectivity index (χ1v) is 2.70. The van der Waals surface area contributed by atoms with Crippen LogP contribution in [-0.2, 0) is 9.01 Å². The molecule has 0 aromatic carbocycles. The summed E-state index contributed by atoms with van der Waals surface area (Å²) in [6.07, 6.45) is 0. The molecule has 0 rings (SSSR count). The zero-order valence-corrected chi connectivity index (χ0v) is 4.05. The molecule has 0 aromatic rings. The van der Waals surface area contributed by atoms with Gasteiger partial charge in [0.2, 0.25) is 0 Å². The molecule has 0 heterocycles. The Labute approximate surface area is 54.1 Å². The number of phosphoric acid groups is 1. The summed E-state index contributed by atoms with van der Waals surface area (Å²) in [6.45, 7) is 0. The third kappa shape index (κ3) is 10.8. The van der Waals surface area contributed by atoms with Gasteiger partial charge in [0.15, 0.2) is 0 Å². The molecule has 38 valence electrons. The van der Waals surface area contributed by atoms with Crippen LogP contribution in [-0.4, -0.2) is 36.7 Å². The van der Waals surface area contributed by atoms with E-state index < -0.39 is 7.82 Å². The van der Waals surface area contributed by atoms with Crippen LogP contribution >= 0.6 is 7.82 Å². The van der Waals surface area contributed by atoms with Crippen molar-refractivity contribution in [3.05, 3.63) is 0 Å². The fourth-order valence-corrected chi connectivity index (χ4v) is 0. The molecule has 0 radical (unpaired) electrons. The van der Waals surface area contributed by atoms with E-state index in [1.165, 1.54) is 0 Å². The molecule has 0 aliphatic rings. The first kappa shape index (κ1) is 10.7. The Hall–Kier alpha value is 0.772. The Morgan fingerprint density at radius 1 is 1.57 bits per heavy atom. The van der Waals surface area contributed by atoms with Gasteiger partial charge in [-0.2, -0.15) is 0 Å². The minimum absolute atomic E-state index is 0. The van der Waals surface area contributed by atoms with Crippen molar-refractivity contribution >= 4 is 34.7 Å². The summed E-state index contributed by atoms with van der Waals surface area (Å²) in [5.41, 5.74) is 0. The summed E-state index contributed by atoms with van der Waals surface area (Å²) in [5, 5.41) is 0. The van der Waals surface area contributed by atoms with Gasteiger partial charge in [-0.25, -0.2) is 4.57 Å². The minimum atomic E-state index is -4.15. The molecule has 7 heavy (non-hydrogen) atoms. The van der Waals surface area contributed by atoms with E-state index in [1.54, 1.807) is 0 Å². The second-order valence-electron chi connectivity index (χ2n) is 0.673. The normalized spacial score (nSPS) is 10.0. The van der Waals surface area contributed by atoms with E-state index in [0.29, 0.717) is 0 Å². The fourth-order valence-electron chi connectivity index (χ4n) is 0. The van der Waals surface area contributed by atoms with Crippen molar-refractivity contribution in [2.45, 2.75) is 0 Å². The molecule has 0 fully saturated rings. The van der Waals surface area contributed by atoms with Gasteiger partial charge in [-0.3, -0.25) is 0 Å². The predicted octanol–water partition coefficient (Wildman–Crippen LogP) is -2.00. The van der Waals surface area contributed by atoms with Gasteiger partial charge < -0.3 is 14.2 Å². The van der Waals surface area contributed by atoms with Crippen LogP contribution in [0.25, 0.3) is 0 Å². The second-order valence-corrected chi connectivity index (χ2v) is 2.02. The SMILES string of the molecule is BOP(=O)(O)O.[LiH]. The van der Waals surface area contributed by atoms with E-state index in [1.807, 2.05) is 0 Å². The van der Waals surface area contributed by atoms with Gasteiger partial charge in [-0.15, -0.1) is 0 Å². The molecule has 0 saturated heterocycles. The third-order valence-corrected chi connectivity index (χ3v) is 0.714. The molecule has 0 aliphatic heterocycles. The van der Waals surface area contributed by atoms with Gasteiger partial charge in [0.1, 0.15) is 0 Å². The summed E-state index contributed by atoms with van der Waals surface area (Å²) in [5.74, 6) is 0. The van der Waals surface area contributed by atoms with E-state index in [2.05, 4.69) is 4.44 Å². The number of rotatable bonds is 1. The quantitative estimate of drug-likeness (QED) is 0.308. The van der Waals surface area contributed by atoms with E-state index in [4.69, 9.17) is 9.79 Å². The predicted molar refractivity (Wildman–Crippen MR) is 28.8 cm³/mol. The van der Waals surface area contributed by atoms with E-state index in [0.717, 1.165) is 8.05 Å². The van der Waals surface area contributed by atoms with E-state index >= 15 is 0 Å². The molecule has 0 bridgehead atoms. The molecule has 0 unspecified atom stereocenters. The van der Waals surface area contributed by atoms with E-state index in [-0.39, 0.29) is 18.9 Å². The van der Waals surface area contributed by atoms with Crippen LogP contribution in [0.3, 0.4) is 0 Å². The summed E-state index contributed by atoms with van der Waals surface area (Å²) in [6, 6.07) is 0.